The van der Waals surface area contributed by atoms with Crippen LogP contribution in [0.2, 0.25) is 0 Å². The van der Waals surface area contributed by atoms with Crippen molar-refractivity contribution < 1.29 is 9.53 Å². The highest BCUT2D eigenvalue weighted by Crippen LogP contribution is 2.13. The van der Waals surface area contributed by atoms with E-state index in [2.05, 4.69) is 6.07 Å². The lowest BCUT2D eigenvalue weighted by Crippen LogP contribution is -2.11. The summed E-state index contributed by atoms with van der Waals surface area (Å²) in [5.74, 6) is 0.0464. The lowest BCUT2D eigenvalue weighted by atomic mass is 9.98. The van der Waals surface area contributed by atoms with E-state index in [0.29, 0.717) is 17.9 Å². The van der Waals surface area contributed by atoms with Crippen LogP contribution in [0.15, 0.2) is 24.3 Å². The Kier molecular flexibility index (Phi) is 5.38. The van der Waals surface area contributed by atoms with E-state index in [9.17, 15) is 4.79 Å². The summed E-state index contributed by atoms with van der Waals surface area (Å²) < 4.78 is 5.11. The third-order valence-corrected chi connectivity index (χ3v) is 2.56. The number of hydrogen-bond acceptors (Lipinski definition) is 3. The van der Waals surface area contributed by atoms with Crippen molar-refractivity contribution in [2.24, 2.45) is 5.92 Å². The van der Waals surface area contributed by atoms with Crippen molar-refractivity contribution >= 4 is 5.97 Å². The molecule has 0 aliphatic carbocycles. The molecule has 0 saturated carbocycles. The summed E-state index contributed by atoms with van der Waals surface area (Å²) in [7, 11) is 0. The van der Waals surface area contributed by atoms with Crippen LogP contribution in [-0.4, -0.2) is 12.1 Å². The van der Waals surface area contributed by atoms with E-state index in [1.165, 1.54) is 0 Å². The second kappa shape index (κ2) is 6.80. The summed E-state index contributed by atoms with van der Waals surface area (Å²) in [6.07, 6.45) is 1.30. The molecule has 1 unspecified atom stereocenters. The first-order chi connectivity index (χ1) is 8.52. The minimum absolute atomic E-state index is 0.104. The predicted molar refractivity (Wildman–Crippen MR) is 70.1 cm³/mol. The predicted octanol–water partition coefficient (Wildman–Crippen LogP) is 3.34. The summed E-state index contributed by atoms with van der Waals surface area (Å²) >= 11 is 0. The third kappa shape index (κ3) is 4.58. The van der Waals surface area contributed by atoms with Gasteiger partial charge in [-0.3, -0.25) is 0 Å². The lowest BCUT2D eigenvalue weighted by molar-refractivity contribution is 0.0378. The van der Waals surface area contributed by atoms with E-state index in [0.717, 1.165) is 12.0 Å². The lowest BCUT2D eigenvalue weighted by Gasteiger charge is -2.09. The summed E-state index contributed by atoms with van der Waals surface area (Å²) in [6.45, 7) is 5.70. The van der Waals surface area contributed by atoms with E-state index >= 15 is 0 Å². The molecular formula is C15H19NO2. The van der Waals surface area contributed by atoms with Crippen molar-refractivity contribution in [3.8, 4) is 6.07 Å². The molecule has 0 aliphatic heterocycles. The Morgan fingerprint density at radius 2 is 1.89 bits per heavy atom. The van der Waals surface area contributed by atoms with Crippen LogP contribution in [0.3, 0.4) is 0 Å². The third-order valence-electron chi connectivity index (χ3n) is 2.56. The van der Waals surface area contributed by atoms with Gasteiger partial charge in [0.05, 0.1) is 17.7 Å². The van der Waals surface area contributed by atoms with Gasteiger partial charge in [-0.2, -0.15) is 5.26 Å². The highest BCUT2D eigenvalue weighted by Gasteiger charge is 2.09. The minimum Gasteiger partial charge on any atom is -0.459 e. The molecule has 0 saturated heterocycles. The first-order valence-corrected chi connectivity index (χ1v) is 6.19. The number of carbonyl (C=O) groups excluding carboxylic acids is 1. The van der Waals surface area contributed by atoms with E-state index in [4.69, 9.17) is 10.00 Å². The van der Waals surface area contributed by atoms with Crippen molar-refractivity contribution in [2.75, 3.05) is 0 Å². The smallest absolute Gasteiger partial charge is 0.338 e. The van der Waals surface area contributed by atoms with Crippen LogP contribution < -0.4 is 0 Å². The van der Waals surface area contributed by atoms with Crippen LogP contribution >= 0.6 is 0 Å². The van der Waals surface area contributed by atoms with Crippen LogP contribution in [0.4, 0.5) is 0 Å². The summed E-state index contributed by atoms with van der Waals surface area (Å²) in [4.78, 5) is 11.6. The van der Waals surface area contributed by atoms with Crippen LogP contribution in [0.1, 0.15) is 43.1 Å². The Hall–Kier alpha value is -1.82. The number of rotatable bonds is 5. The molecule has 1 atom stereocenters. The summed E-state index contributed by atoms with van der Waals surface area (Å²) in [5.41, 5.74) is 1.71. The van der Waals surface area contributed by atoms with Crippen molar-refractivity contribution in [1.29, 1.82) is 5.26 Å². The van der Waals surface area contributed by atoms with Gasteiger partial charge in [0.2, 0.25) is 0 Å². The average Bonchev–Trinajstić information content (AvgIpc) is 2.29. The van der Waals surface area contributed by atoms with Gasteiger partial charge in [-0.1, -0.05) is 19.1 Å². The standard InChI is InChI=1S/C15H19NO2/c1-11(2)18-15(17)14-6-4-13(5-7-14)10-12(3)8-9-16/h4-7,11-12H,8,10H2,1-3H3. The molecule has 0 amide bonds. The minimum atomic E-state index is -0.290. The molecule has 0 bridgehead atoms. The van der Waals surface area contributed by atoms with Gasteiger partial charge in [0.15, 0.2) is 0 Å². The molecule has 1 aromatic rings. The molecule has 96 valence electrons. The number of benzene rings is 1. The summed E-state index contributed by atoms with van der Waals surface area (Å²) in [5, 5.41) is 8.60. The first-order valence-electron chi connectivity index (χ1n) is 6.19. The van der Waals surface area contributed by atoms with Crippen molar-refractivity contribution in [1.82, 2.24) is 0 Å². The Labute approximate surface area is 108 Å². The molecular weight excluding hydrogens is 226 g/mol. The zero-order chi connectivity index (χ0) is 13.5. The number of nitriles is 1. The molecule has 1 aromatic carbocycles. The number of ether oxygens (including phenoxy) is 1. The van der Waals surface area contributed by atoms with Crippen molar-refractivity contribution in [3.63, 3.8) is 0 Å². The number of hydrogen-bond donors (Lipinski definition) is 0. The molecule has 0 heterocycles. The molecule has 3 nitrogen and oxygen atoms in total. The Balaban J connectivity index is 2.63. The Bertz CT molecular complexity index is 429. The number of esters is 1. The van der Waals surface area contributed by atoms with Crippen LogP contribution in [0.5, 0.6) is 0 Å². The largest absolute Gasteiger partial charge is 0.459 e. The van der Waals surface area contributed by atoms with Gasteiger partial charge < -0.3 is 4.74 Å². The average molecular weight is 245 g/mol. The fraction of sp³-hybridized carbons (Fsp3) is 0.467. The first kappa shape index (κ1) is 14.2. The molecule has 3 heteroatoms. The number of carbonyl (C=O) groups is 1. The van der Waals surface area contributed by atoms with E-state index in [-0.39, 0.29) is 12.1 Å². The van der Waals surface area contributed by atoms with Gasteiger partial charge in [0, 0.05) is 6.42 Å². The Morgan fingerprint density at radius 3 is 2.39 bits per heavy atom. The fourth-order valence-electron chi connectivity index (χ4n) is 1.69. The molecule has 18 heavy (non-hydrogen) atoms. The maximum absolute atomic E-state index is 11.6. The fourth-order valence-corrected chi connectivity index (χ4v) is 1.69. The SMILES string of the molecule is CC(CC#N)Cc1ccc(C(=O)OC(C)C)cc1. The topological polar surface area (TPSA) is 50.1 Å². The monoisotopic (exact) mass is 245 g/mol. The van der Waals surface area contributed by atoms with Crippen LogP contribution in [-0.2, 0) is 11.2 Å². The van der Waals surface area contributed by atoms with Crippen LogP contribution in [0.25, 0.3) is 0 Å². The maximum Gasteiger partial charge on any atom is 0.338 e. The van der Waals surface area contributed by atoms with Gasteiger partial charge in [-0.25, -0.2) is 4.79 Å². The molecule has 0 radical (unpaired) electrons. The van der Waals surface area contributed by atoms with Gasteiger partial charge in [-0.15, -0.1) is 0 Å². The molecule has 0 fully saturated rings. The van der Waals surface area contributed by atoms with Gasteiger partial charge in [-0.05, 0) is 43.9 Å². The molecule has 0 spiro atoms. The molecule has 0 N–H and O–H groups in total. The maximum atomic E-state index is 11.6. The Morgan fingerprint density at radius 1 is 1.28 bits per heavy atom. The van der Waals surface area contributed by atoms with E-state index < -0.39 is 0 Å². The van der Waals surface area contributed by atoms with E-state index in [1.807, 2.05) is 32.9 Å². The normalized spacial score (nSPS) is 11.9. The molecule has 0 aliphatic rings. The van der Waals surface area contributed by atoms with Crippen LogP contribution in [0, 0.1) is 17.2 Å². The van der Waals surface area contributed by atoms with Crippen molar-refractivity contribution in [3.05, 3.63) is 35.4 Å². The quantitative estimate of drug-likeness (QED) is 0.747. The van der Waals surface area contributed by atoms with Crippen molar-refractivity contribution in [2.45, 2.75) is 39.7 Å². The second-order valence-electron chi connectivity index (χ2n) is 4.82. The van der Waals surface area contributed by atoms with Gasteiger partial charge in [0.1, 0.15) is 0 Å². The number of nitrogens with zero attached hydrogens (tertiary/aromatic N) is 1. The second-order valence-corrected chi connectivity index (χ2v) is 4.82. The van der Waals surface area contributed by atoms with E-state index in [1.54, 1.807) is 12.1 Å². The zero-order valence-electron chi connectivity index (χ0n) is 11.1. The summed E-state index contributed by atoms with van der Waals surface area (Å²) in [6, 6.07) is 9.56. The van der Waals surface area contributed by atoms with Gasteiger partial charge >= 0.3 is 5.97 Å². The highest BCUT2D eigenvalue weighted by atomic mass is 16.5. The molecule has 0 aromatic heterocycles. The highest BCUT2D eigenvalue weighted by molar-refractivity contribution is 5.89. The molecule has 1 rings (SSSR count). The van der Waals surface area contributed by atoms with Gasteiger partial charge in [0.25, 0.3) is 0 Å². The zero-order valence-corrected chi connectivity index (χ0v) is 11.1.